The summed E-state index contributed by atoms with van der Waals surface area (Å²) in [4.78, 5) is 14.8. The van der Waals surface area contributed by atoms with Crippen LogP contribution in [0.25, 0.3) is 11.5 Å². The van der Waals surface area contributed by atoms with Gasteiger partial charge in [-0.25, -0.2) is 0 Å². The van der Waals surface area contributed by atoms with Crippen LogP contribution in [-0.4, -0.2) is 34.1 Å². The molecule has 1 atom stereocenters. The Bertz CT molecular complexity index is 949. The third kappa shape index (κ3) is 3.63. The highest BCUT2D eigenvalue weighted by Crippen LogP contribution is 2.29. The van der Waals surface area contributed by atoms with E-state index in [1.807, 2.05) is 60.4 Å². The van der Waals surface area contributed by atoms with E-state index in [1.165, 1.54) is 5.56 Å². The molecule has 5 heteroatoms. The van der Waals surface area contributed by atoms with Crippen molar-refractivity contribution in [2.75, 3.05) is 13.1 Å². The standard InChI is InChI=1S/C22H23N3O2/c1-15-10-11-18(13-16(15)2)22(26)25-12-6-9-19(14-25)21-24-23-20(27-21)17-7-4-3-5-8-17/h3-5,7-8,10-11,13,19H,6,9,12,14H2,1-2H3/t19-/m0/s1. The number of amides is 1. The Labute approximate surface area is 159 Å². The van der Waals surface area contributed by atoms with Crippen molar-refractivity contribution in [2.24, 2.45) is 0 Å². The molecule has 0 N–H and O–H groups in total. The smallest absolute Gasteiger partial charge is 0.253 e. The fourth-order valence-electron chi connectivity index (χ4n) is 3.52. The van der Waals surface area contributed by atoms with E-state index in [0.717, 1.165) is 36.1 Å². The molecule has 1 aliphatic heterocycles. The van der Waals surface area contributed by atoms with E-state index in [9.17, 15) is 4.79 Å². The van der Waals surface area contributed by atoms with Gasteiger partial charge in [0.2, 0.25) is 11.8 Å². The maximum Gasteiger partial charge on any atom is 0.253 e. The molecule has 0 bridgehead atoms. The van der Waals surface area contributed by atoms with Crippen LogP contribution >= 0.6 is 0 Å². The van der Waals surface area contributed by atoms with Crippen LogP contribution < -0.4 is 0 Å². The number of hydrogen-bond donors (Lipinski definition) is 0. The van der Waals surface area contributed by atoms with Crippen LogP contribution in [0.3, 0.4) is 0 Å². The van der Waals surface area contributed by atoms with Crippen LogP contribution in [0.15, 0.2) is 52.9 Å². The molecule has 138 valence electrons. The molecule has 1 aliphatic rings. The van der Waals surface area contributed by atoms with Crippen molar-refractivity contribution < 1.29 is 9.21 Å². The zero-order valence-corrected chi connectivity index (χ0v) is 15.7. The maximum absolute atomic E-state index is 12.9. The molecule has 0 unspecified atom stereocenters. The second-order valence-corrected chi connectivity index (χ2v) is 7.20. The van der Waals surface area contributed by atoms with Gasteiger partial charge in [-0.05, 0) is 62.1 Å². The highest BCUT2D eigenvalue weighted by atomic mass is 16.4. The molecule has 1 saturated heterocycles. The summed E-state index contributed by atoms with van der Waals surface area (Å²) in [6.07, 6.45) is 1.89. The zero-order chi connectivity index (χ0) is 18.8. The summed E-state index contributed by atoms with van der Waals surface area (Å²) in [7, 11) is 0. The van der Waals surface area contributed by atoms with Gasteiger partial charge in [0.25, 0.3) is 5.91 Å². The van der Waals surface area contributed by atoms with Gasteiger partial charge in [0, 0.05) is 24.2 Å². The largest absolute Gasteiger partial charge is 0.420 e. The maximum atomic E-state index is 12.9. The van der Waals surface area contributed by atoms with Gasteiger partial charge in [-0.2, -0.15) is 0 Å². The number of carbonyl (C=O) groups is 1. The number of rotatable bonds is 3. The Morgan fingerprint density at radius 3 is 2.67 bits per heavy atom. The lowest BCUT2D eigenvalue weighted by molar-refractivity contribution is 0.0698. The number of benzene rings is 2. The number of hydrogen-bond acceptors (Lipinski definition) is 4. The molecule has 2 aromatic carbocycles. The van der Waals surface area contributed by atoms with Crippen molar-refractivity contribution in [3.05, 3.63) is 71.1 Å². The number of piperidine rings is 1. The van der Waals surface area contributed by atoms with Crippen LogP contribution in [0.2, 0.25) is 0 Å². The molecule has 4 rings (SSSR count). The van der Waals surface area contributed by atoms with E-state index < -0.39 is 0 Å². The lowest BCUT2D eigenvalue weighted by Gasteiger charge is -2.31. The highest BCUT2D eigenvalue weighted by Gasteiger charge is 2.29. The monoisotopic (exact) mass is 361 g/mol. The SMILES string of the molecule is Cc1ccc(C(=O)N2CCC[C@H](c3nnc(-c4ccccc4)o3)C2)cc1C. The number of likely N-dealkylation sites (tertiary alicyclic amines) is 1. The molecule has 1 amide bonds. The first-order valence-electron chi connectivity index (χ1n) is 9.37. The highest BCUT2D eigenvalue weighted by molar-refractivity contribution is 5.94. The molecular weight excluding hydrogens is 338 g/mol. The second kappa shape index (κ2) is 7.35. The summed E-state index contributed by atoms with van der Waals surface area (Å²) < 4.78 is 5.92. The molecule has 2 heterocycles. The van der Waals surface area contributed by atoms with Gasteiger partial charge in [-0.15, -0.1) is 10.2 Å². The van der Waals surface area contributed by atoms with Crippen LogP contribution in [0, 0.1) is 13.8 Å². The van der Waals surface area contributed by atoms with Gasteiger partial charge in [0.05, 0.1) is 5.92 Å². The summed E-state index contributed by atoms with van der Waals surface area (Å²) >= 11 is 0. The number of aromatic nitrogens is 2. The van der Waals surface area contributed by atoms with Crippen LogP contribution in [-0.2, 0) is 0 Å². The van der Waals surface area contributed by atoms with Crippen molar-refractivity contribution >= 4 is 5.91 Å². The van der Waals surface area contributed by atoms with Crippen molar-refractivity contribution in [2.45, 2.75) is 32.6 Å². The third-order valence-corrected chi connectivity index (χ3v) is 5.27. The zero-order valence-electron chi connectivity index (χ0n) is 15.7. The van der Waals surface area contributed by atoms with E-state index in [-0.39, 0.29) is 11.8 Å². The average Bonchev–Trinajstić information content (AvgIpc) is 3.21. The van der Waals surface area contributed by atoms with Crippen LogP contribution in [0.1, 0.15) is 46.1 Å². The predicted octanol–water partition coefficient (Wildman–Crippen LogP) is 4.37. The summed E-state index contributed by atoms with van der Waals surface area (Å²) in [6, 6.07) is 15.7. The molecule has 0 aliphatic carbocycles. The third-order valence-electron chi connectivity index (χ3n) is 5.27. The van der Waals surface area contributed by atoms with Crippen molar-refractivity contribution in [1.29, 1.82) is 0 Å². The first kappa shape index (κ1) is 17.5. The first-order valence-corrected chi connectivity index (χ1v) is 9.37. The van der Waals surface area contributed by atoms with E-state index in [1.54, 1.807) is 0 Å². The minimum atomic E-state index is 0.0746. The van der Waals surface area contributed by atoms with Crippen LogP contribution in [0.4, 0.5) is 0 Å². The normalized spacial score (nSPS) is 17.1. The minimum absolute atomic E-state index is 0.0746. The Morgan fingerprint density at radius 1 is 1.07 bits per heavy atom. The molecule has 3 aromatic rings. The van der Waals surface area contributed by atoms with Gasteiger partial charge in [0.1, 0.15) is 0 Å². The average molecular weight is 361 g/mol. The van der Waals surface area contributed by atoms with Crippen molar-refractivity contribution in [3.8, 4) is 11.5 Å². The van der Waals surface area contributed by atoms with Crippen molar-refractivity contribution in [3.63, 3.8) is 0 Å². The number of aryl methyl sites for hydroxylation is 2. The molecule has 1 aromatic heterocycles. The molecule has 27 heavy (non-hydrogen) atoms. The Kier molecular flexibility index (Phi) is 4.75. The van der Waals surface area contributed by atoms with Gasteiger partial charge in [-0.3, -0.25) is 4.79 Å². The number of carbonyl (C=O) groups excluding carboxylic acids is 1. The summed E-state index contributed by atoms with van der Waals surface area (Å²) in [5, 5.41) is 8.44. The molecule has 0 saturated carbocycles. The molecular formula is C22H23N3O2. The lowest BCUT2D eigenvalue weighted by Crippen LogP contribution is -2.39. The van der Waals surface area contributed by atoms with Crippen LogP contribution in [0.5, 0.6) is 0 Å². The van der Waals surface area contributed by atoms with Gasteiger partial charge >= 0.3 is 0 Å². The fourth-order valence-corrected chi connectivity index (χ4v) is 3.52. The van der Waals surface area contributed by atoms with Gasteiger partial charge in [-0.1, -0.05) is 24.3 Å². The molecule has 1 fully saturated rings. The quantitative estimate of drug-likeness (QED) is 0.695. The molecule has 5 nitrogen and oxygen atoms in total. The summed E-state index contributed by atoms with van der Waals surface area (Å²) in [6.45, 7) is 5.47. The summed E-state index contributed by atoms with van der Waals surface area (Å²) in [5.74, 6) is 1.31. The minimum Gasteiger partial charge on any atom is -0.420 e. The predicted molar refractivity (Wildman–Crippen MR) is 104 cm³/mol. The summed E-state index contributed by atoms with van der Waals surface area (Å²) in [5.41, 5.74) is 3.99. The van der Waals surface area contributed by atoms with E-state index in [2.05, 4.69) is 17.1 Å². The second-order valence-electron chi connectivity index (χ2n) is 7.20. The van der Waals surface area contributed by atoms with Crippen molar-refractivity contribution in [1.82, 2.24) is 15.1 Å². The fraction of sp³-hybridized carbons (Fsp3) is 0.318. The lowest BCUT2D eigenvalue weighted by atomic mass is 9.97. The molecule has 0 spiro atoms. The van der Waals surface area contributed by atoms with Gasteiger partial charge < -0.3 is 9.32 Å². The Hall–Kier alpha value is -2.95. The van der Waals surface area contributed by atoms with E-state index in [4.69, 9.17) is 4.42 Å². The topological polar surface area (TPSA) is 59.2 Å². The Morgan fingerprint density at radius 2 is 1.89 bits per heavy atom. The molecule has 0 radical (unpaired) electrons. The van der Waals surface area contributed by atoms with Gasteiger partial charge in [0.15, 0.2) is 0 Å². The van der Waals surface area contributed by atoms with E-state index >= 15 is 0 Å². The first-order chi connectivity index (χ1) is 13.1. The Balaban J connectivity index is 1.50. The number of nitrogens with zero attached hydrogens (tertiary/aromatic N) is 3. The van der Waals surface area contributed by atoms with E-state index in [0.29, 0.717) is 18.3 Å².